The molecule has 0 unspecified atom stereocenters. The Balaban J connectivity index is 1.54. The Hall–Kier alpha value is -2.50. The Morgan fingerprint density at radius 3 is 2.60 bits per heavy atom. The van der Waals surface area contributed by atoms with Crippen LogP contribution >= 0.6 is 0 Å². The number of rotatable bonds is 5. The summed E-state index contributed by atoms with van der Waals surface area (Å²) in [6.07, 6.45) is 3.70. The van der Waals surface area contributed by atoms with Crippen LogP contribution < -0.4 is 10.6 Å². The summed E-state index contributed by atoms with van der Waals surface area (Å²) in [7, 11) is 0. The van der Waals surface area contributed by atoms with Gasteiger partial charge in [0.25, 0.3) is 0 Å². The van der Waals surface area contributed by atoms with Gasteiger partial charge in [0.2, 0.25) is 5.91 Å². The second-order valence-corrected chi connectivity index (χ2v) is 4.74. The van der Waals surface area contributed by atoms with Crippen molar-refractivity contribution in [2.75, 3.05) is 10.6 Å². The van der Waals surface area contributed by atoms with E-state index in [1.165, 1.54) is 0 Å². The molecule has 3 rings (SSSR count). The molecule has 0 atom stereocenters. The summed E-state index contributed by atoms with van der Waals surface area (Å²) in [4.78, 5) is 15.8. The number of hydrogen-bond donors (Lipinski definition) is 2. The SMILES string of the molecule is O=C(Nc1ccc(NCc2ccccn2)nn1)C1CC1. The number of hydrogen-bond acceptors (Lipinski definition) is 5. The smallest absolute Gasteiger partial charge is 0.228 e. The molecule has 1 fully saturated rings. The van der Waals surface area contributed by atoms with E-state index in [0.717, 1.165) is 18.5 Å². The lowest BCUT2D eigenvalue weighted by Crippen LogP contribution is -2.15. The van der Waals surface area contributed by atoms with Crippen molar-refractivity contribution in [3.63, 3.8) is 0 Å². The lowest BCUT2D eigenvalue weighted by Gasteiger charge is -2.06. The van der Waals surface area contributed by atoms with Gasteiger partial charge in [0, 0.05) is 12.1 Å². The molecule has 1 amide bonds. The highest BCUT2D eigenvalue weighted by Crippen LogP contribution is 2.29. The van der Waals surface area contributed by atoms with Gasteiger partial charge in [-0.2, -0.15) is 0 Å². The maximum Gasteiger partial charge on any atom is 0.228 e. The Bertz CT molecular complexity index is 580. The summed E-state index contributed by atoms with van der Waals surface area (Å²) < 4.78 is 0. The molecule has 2 N–H and O–H groups in total. The molecule has 1 aliphatic carbocycles. The van der Waals surface area contributed by atoms with Crippen LogP contribution in [0.25, 0.3) is 0 Å². The Morgan fingerprint density at radius 1 is 1.15 bits per heavy atom. The van der Waals surface area contributed by atoms with Crippen molar-refractivity contribution >= 4 is 17.5 Å². The molecular formula is C14H15N5O. The van der Waals surface area contributed by atoms with Crippen molar-refractivity contribution in [1.82, 2.24) is 15.2 Å². The quantitative estimate of drug-likeness (QED) is 0.865. The molecule has 6 heteroatoms. The topological polar surface area (TPSA) is 79.8 Å². The number of carbonyl (C=O) groups excluding carboxylic acids is 1. The van der Waals surface area contributed by atoms with Crippen LogP contribution in [0, 0.1) is 5.92 Å². The van der Waals surface area contributed by atoms with Crippen molar-refractivity contribution in [2.45, 2.75) is 19.4 Å². The van der Waals surface area contributed by atoms with E-state index in [1.807, 2.05) is 18.2 Å². The van der Waals surface area contributed by atoms with E-state index in [0.29, 0.717) is 18.2 Å². The molecule has 2 aromatic heterocycles. The molecule has 0 aromatic carbocycles. The lowest BCUT2D eigenvalue weighted by molar-refractivity contribution is -0.117. The van der Waals surface area contributed by atoms with Gasteiger partial charge in [0.05, 0.1) is 12.2 Å². The first-order chi connectivity index (χ1) is 9.81. The first kappa shape index (κ1) is 12.5. The van der Waals surface area contributed by atoms with Crippen LogP contribution in [0.15, 0.2) is 36.5 Å². The summed E-state index contributed by atoms with van der Waals surface area (Å²) in [5.74, 6) is 1.35. The van der Waals surface area contributed by atoms with Crippen molar-refractivity contribution in [2.24, 2.45) is 5.92 Å². The summed E-state index contributed by atoms with van der Waals surface area (Å²) in [6.45, 7) is 0.587. The van der Waals surface area contributed by atoms with Crippen molar-refractivity contribution < 1.29 is 4.79 Å². The molecule has 0 spiro atoms. The van der Waals surface area contributed by atoms with Crippen LogP contribution in [0.3, 0.4) is 0 Å². The monoisotopic (exact) mass is 269 g/mol. The minimum Gasteiger partial charge on any atom is -0.363 e. The first-order valence-electron chi connectivity index (χ1n) is 6.59. The van der Waals surface area contributed by atoms with Gasteiger partial charge in [-0.05, 0) is 37.1 Å². The standard InChI is InChI=1S/C14H15N5O/c20-14(10-4-5-10)17-13-7-6-12(18-19-13)16-9-11-3-1-2-8-15-11/h1-3,6-8,10H,4-5,9H2,(H,16,18)(H,17,19,20). The van der Waals surface area contributed by atoms with Crippen LogP contribution in [0.5, 0.6) is 0 Å². The molecule has 102 valence electrons. The van der Waals surface area contributed by atoms with E-state index in [1.54, 1.807) is 18.3 Å². The average molecular weight is 269 g/mol. The molecule has 2 aromatic rings. The molecule has 1 saturated carbocycles. The summed E-state index contributed by atoms with van der Waals surface area (Å²) in [6, 6.07) is 9.28. The van der Waals surface area contributed by atoms with Gasteiger partial charge in [0.15, 0.2) is 5.82 Å². The second-order valence-electron chi connectivity index (χ2n) is 4.74. The third kappa shape index (κ3) is 3.28. The molecule has 1 aliphatic rings. The number of amides is 1. The summed E-state index contributed by atoms with van der Waals surface area (Å²) in [5.41, 5.74) is 0.931. The highest BCUT2D eigenvalue weighted by molar-refractivity contribution is 5.93. The highest BCUT2D eigenvalue weighted by Gasteiger charge is 2.29. The van der Waals surface area contributed by atoms with Gasteiger partial charge in [0.1, 0.15) is 5.82 Å². The zero-order valence-corrected chi connectivity index (χ0v) is 10.9. The normalized spacial score (nSPS) is 13.8. The molecule has 0 aliphatic heterocycles. The second kappa shape index (κ2) is 5.64. The maximum atomic E-state index is 11.6. The zero-order valence-electron chi connectivity index (χ0n) is 10.9. The van der Waals surface area contributed by atoms with Gasteiger partial charge < -0.3 is 10.6 Å². The highest BCUT2D eigenvalue weighted by atomic mass is 16.2. The van der Waals surface area contributed by atoms with Gasteiger partial charge in [-0.25, -0.2) is 0 Å². The Kier molecular flexibility index (Phi) is 3.54. The van der Waals surface area contributed by atoms with E-state index in [9.17, 15) is 4.79 Å². The van der Waals surface area contributed by atoms with Crippen LogP contribution in [0.2, 0.25) is 0 Å². The van der Waals surface area contributed by atoms with Crippen LogP contribution in [-0.2, 0) is 11.3 Å². The largest absolute Gasteiger partial charge is 0.363 e. The first-order valence-corrected chi connectivity index (χ1v) is 6.59. The predicted octanol–water partition coefficient (Wildman–Crippen LogP) is 1.83. The van der Waals surface area contributed by atoms with Crippen molar-refractivity contribution in [3.8, 4) is 0 Å². The number of carbonyl (C=O) groups is 1. The predicted molar refractivity (Wildman–Crippen MR) is 74.9 cm³/mol. The fourth-order valence-corrected chi connectivity index (χ4v) is 1.75. The van der Waals surface area contributed by atoms with E-state index in [-0.39, 0.29) is 11.8 Å². The van der Waals surface area contributed by atoms with Crippen LogP contribution in [0.1, 0.15) is 18.5 Å². The Morgan fingerprint density at radius 2 is 1.95 bits per heavy atom. The number of aromatic nitrogens is 3. The number of pyridine rings is 1. The van der Waals surface area contributed by atoms with Gasteiger partial charge >= 0.3 is 0 Å². The number of anilines is 2. The minimum absolute atomic E-state index is 0.0356. The number of nitrogens with one attached hydrogen (secondary N) is 2. The average Bonchev–Trinajstić information content (AvgIpc) is 3.32. The van der Waals surface area contributed by atoms with Crippen LogP contribution in [-0.4, -0.2) is 21.1 Å². The lowest BCUT2D eigenvalue weighted by atomic mass is 10.3. The van der Waals surface area contributed by atoms with Gasteiger partial charge in [-0.3, -0.25) is 9.78 Å². The number of nitrogens with zero attached hydrogens (tertiary/aromatic N) is 3. The van der Waals surface area contributed by atoms with E-state index >= 15 is 0 Å². The van der Waals surface area contributed by atoms with E-state index in [4.69, 9.17) is 0 Å². The third-order valence-corrected chi connectivity index (χ3v) is 3.04. The molecule has 2 heterocycles. The molecule has 20 heavy (non-hydrogen) atoms. The van der Waals surface area contributed by atoms with Crippen molar-refractivity contribution in [3.05, 3.63) is 42.2 Å². The minimum atomic E-state index is 0.0356. The van der Waals surface area contributed by atoms with Crippen molar-refractivity contribution in [1.29, 1.82) is 0 Å². The molecular weight excluding hydrogens is 254 g/mol. The molecule has 0 radical (unpaired) electrons. The molecule has 0 bridgehead atoms. The molecule has 0 saturated heterocycles. The zero-order chi connectivity index (χ0) is 13.8. The third-order valence-electron chi connectivity index (χ3n) is 3.04. The Labute approximate surface area is 116 Å². The van der Waals surface area contributed by atoms with Gasteiger partial charge in [-0.15, -0.1) is 10.2 Å². The van der Waals surface area contributed by atoms with Crippen LogP contribution in [0.4, 0.5) is 11.6 Å². The fourth-order valence-electron chi connectivity index (χ4n) is 1.75. The fraction of sp³-hybridized carbons (Fsp3) is 0.286. The maximum absolute atomic E-state index is 11.6. The summed E-state index contributed by atoms with van der Waals surface area (Å²) in [5, 5.41) is 13.9. The molecule has 6 nitrogen and oxygen atoms in total. The summed E-state index contributed by atoms with van der Waals surface area (Å²) >= 11 is 0. The van der Waals surface area contributed by atoms with E-state index < -0.39 is 0 Å². The van der Waals surface area contributed by atoms with Gasteiger partial charge in [-0.1, -0.05) is 6.07 Å². The van der Waals surface area contributed by atoms with E-state index in [2.05, 4.69) is 25.8 Å².